The van der Waals surface area contributed by atoms with E-state index in [1.54, 1.807) is 7.11 Å². The van der Waals surface area contributed by atoms with Gasteiger partial charge < -0.3 is 14.9 Å². The summed E-state index contributed by atoms with van der Waals surface area (Å²) in [5.41, 5.74) is 8.80. The van der Waals surface area contributed by atoms with Crippen LogP contribution in [-0.4, -0.2) is 17.3 Å². The average Bonchev–Trinajstić information content (AvgIpc) is 2.82. The Bertz CT molecular complexity index is 1400. The molecule has 0 aliphatic carbocycles. The van der Waals surface area contributed by atoms with Crippen molar-refractivity contribution >= 4 is 0 Å². The number of phenolic OH excluding ortho intramolecular Hbond substituents is 2. The van der Waals surface area contributed by atoms with E-state index in [1.165, 1.54) is 16.7 Å². The van der Waals surface area contributed by atoms with Gasteiger partial charge >= 0.3 is 0 Å². The smallest absolute Gasteiger partial charge is 0.125 e. The molecule has 0 radical (unpaired) electrons. The van der Waals surface area contributed by atoms with Crippen molar-refractivity contribution in [2.75, 3.05) is 7.11 Å². The Morgan fingerprint density at radius 2 is 0.705 bits per heavy atom. The van der Waals surface area contributed by atoms with Gasteiger partial charge in [-0.2, -0.15) is 0 Å². The molecule has 3 nitrogen and oxygen atoms in total. The standard InChI is InChI=1S/C41H60O3/c1-37(2,3)29-21-27(17-25-19-30(38(4,5)6)23-32(34(25)42)40(10,11)12)36(44-16)28(22-29)18-26-20-31(39(7,8)9)24-33(35(26)43)41(13,14)15/h19-24,42-43H,17-18H2,1-16H3. The number of benzene rings is 3. The molecular weight excluding hydrogens is 540 g/mol. The summed E-state index contributed by atoms with van der Waals surface area (Å²) >= 11 is 0. The fourth-order valence-corrected chi connectivity index (χ4v) is 5.79. The fraction of sp³-hybridized carbons (Fsp3) is 0.561. The van der Waals surface area contributed by atoms with Crippen molar-refractivity contribution in [3.8, 4) is 17.2 Å². The van der Waals surface area contributed by atoms with Crippen LogP contribution in [0.3, 0.4) is 0 Å². The largest absolute Gasteiger partial charge is 0.507 e. The Hall–Kier alpha value is -2.94. The van der Waals surface area contributed by atoms with Crippen LogP contribution < -0.4 is 4.74 Å². The van der Waals surface area contributed by atoms with E-state index in [2.05, 4.69) is 140 Å². The molecule has 242 valence electrons. The van der Waals surface area contributed by atoms with Gasteiger partial charge in [-0.05, 0) is 77.1 Å². The van der Waals surface area contributed by atoms with Crippen molar-refractivity contribution in [3.05, 3.63) is 86.5 Å². The predicted molar refractivity (Wildman–Crippen MR) is 188 cm³/mol. The summed E-state index contributed by atoms with van der Waals surface area (Å²) in [5.74, 6) is 1.54. The lowest BCUT2D eigenvalue weighted by atomic mass is 9.77. The van der Waals surface area contributed by atoms with Gasteiger partial charge in [0, 0.05) is 12.8 Å². The Labute approximate surface area is 269 Å². The van der Waals surface area contributed by atoms with Crippen molar-refractivity contribution in [1.29, 1.82) is 0 Å². The summed E-state index contributed by atoms with van der Waals surface area (Å²) in [6.45, 7) is 32.9. The first-order chi connectivity index (χ1) is 19.7. The molecule has 3 aromatic carbocycles. The van der Waals surface area contributed by atoms with Crippen LogP contribution in [0.4, 0.5) is 0 Å². The van der Waals surface area contributed by atoms with Crippen LogP contribution in [0.1, 0.15) is 154 Å². The van der Waals surface area contributed by atoms with Crippen molar-refractivity contribution in [2.45, 2.75) is 144 Å². The van der Waals surface area contributed by atoms with E-state index in [9.17, 15) is 10.2 Å². The summed E-state index contributed by atoms with van der Waals surface area (Å²) in [7, 11) is 1.73. The molecular formula is C41H60O3. The Kier molecular flexibility index (Phi) is 9.51. The minimum absolute atomic E-state index is 0.0642. The molecule has 0 aliphatic rings. The molecule has 0 saturated carbocycles. The van der Waals surface area contributed by atoms with Crippen LogP contribution in [0.15, 0.2) is 36.4 Å². The summed E-state index contributed by atoms with van der Waals surface area (Å²) < 4.78 is 6.20. The second-order valence-electron chi connectivity index (χ2n) is 18.0. The molecule has 0 amide bonds. The molecule has 0 bridgehead atoms. The third-order valence-electron chi connectivity index (χ3n) is 8.80. The second-order valence-corrected chi connectivity index (χ2v) is 18.0. The first-order valence-corrected chi connectivity index (χ1v) is 16.2. The number of methoxy groups -OCH3 is 1. The van der Waals surface area contributed by atoms with E-state index in [0.717, 1.165) is 39.1 Å². The Balaban J connectivity index is 2.33. The molecule has 0 aromatic heterocycles. The SMILES string of the molecule is COc1c(Cc2cc(C(C)(C)C)cc(C(C)(C)C)c2O)cc(C(C)(C)C)cc1Cc1cc(C(C)(C)C)cc(C(C)(C)C)c1O. The van der Waals surface area contributed by atoms with Crippen molar-refractivity contribution < 1.29 is 14.9 Å². The first kappa shape index (κ1) is 35.5. The molecule has 44 heavy (non-hydrogen) atoms. The maximum atomic E-state index is 11.6. The summed E-state index contributed by atoms with van der Waals surface area (Å²) in [6, 6.07) is 13.2. The molecule has 0 fully saturated rings. The average molecular weight is 601 g/mol. The van der Waals surface area contributed by atoms with Crippen LogP contribution in [0.2, 0.25) is 0 Å². The monoisotopic (exact) mass is 600 g/mol. The summed E-state index contributed by atoms with van der Waals surface area (Å²) in [5, 5.41) is 23.3. The minimum Gasteiger partial charge on any atom is -0.507 e. The topological polar surface area (TPSA) is 49.7 Å². The molecule has 3 heteroatoms. The number of ether oxygens (including phenoxy) is 1. The summed E-state index contributed by atoms with van der Waals surface area (Å²) in [4.78, 5) is 0. The zero-order valence-corrected chi connectivity index (χ0v) is 30.7. The van der Waals surface area contributed by atoms with Gasteiger partial charge in [0.05, 0.1) is 7.11 Å². The molecule has 0 spiro atoms. The van der Waals surface area contributed by atoms with Gasteiger partial charge in [0.1, 0.15) is 17.2 Å². The quantitative estimate of drug-likeness (QED) is 0.306. The number of rotatable bonds is 5. The zero-order valence-electron chi connectivity index (χ0n) is 30.7. The molecule has 3 aromatic rings. The van der Waals surface area contributed by atoms with Gasteiger partial charge in [-0.3, -0.25) is 0 Å². The summed E-state index contributed by atoms with van der Waals surface area (Å²) in [6.07, 6.45) is 1.08. The minimum atomic E-state index is -0.205. The maximum absolute atomic E-state index is 11.6. The normalized spacial score (nSPS) is 13.4. The van der Waals surface area contributed by atoms with Crippen molar-refractivity contribution in [3.63, 3.8) is 0 Å². The van der Waals surface area contributed by atoms with E-state index in [0.29, 0.717) is 24.3 Å². The molecule has 0 unspecified atom stereocenters. The zero-order chi connectivity index (χ0) is 33.8. The van der Waals surface area contributed by atoms with Crippen LogP contribution >= 0.6 is 0 Å². The molecule has 0 saturated heterocycles. The van der Waals surface area contributed by atoms with Crippen LogP contribution in [-0.2, 0) is 39.9 Å². The molecule has 0 heterocycles. The highest BCUT2D eigenvalue weighted by Gasteiger charge is 2.29. The van der Waals surface area contributed by atoms with E-state index < -0.39 is 0 Å². The maximum Gasteiger partial charge on any atom is 0.125 e. The molecule has 3 rings (SSSR count). The van der Waals surface area contributed by atoms with E-state index in [4.69, 9.17) is 4.74 Å². The highest BCUT2D eigenvalue weighted by Crippen LogP contribution is 2.43. The molecule has 0 atom stereocenters. The lowest BCUT2D eigenvalue weighted by molar-refractivity contribution is 0.403. The number of hydrogen-bond donors (Lipinski definition) is 2. The second kappa shape index (κ2) is 11.8. The lowest BCUT2D eigenvalue weighted by Gasteiger charge is -2.29. The van der Waals surface area contributed by atoms with Gasteiger partial charge in [0.25, 0.3) is 0 Å². The fourth-order valence-electron chi connectivity index (χ4n) is 5.79. The van der Waals surface area contributed by atoms with Crippen LogP contribution in [0.25, 0.3) is 0 Å². The van der Waals surface area contributed by atoms with Gasteiger partial charge in [0.15, 0.2) is 0 Å². The van der Waals surface area contributed by atoms with Crippen LogP contribution in [0, 0.1) is 0 Å². The number of phenols is 2. The van der Waals surface area contributed by atoms with Crippen molar-refractivity contribution in [2.24, 2.45) is 0 Å². The van der Waals surface area contributed by atoms with Crippen molar-refractivity contribution in [1.82, 2.24) is 0 Å². The Morgan fingerprint density at radius 1 is 0.432 bits per heavy atom. The number of hydrogen-bond acceptors (Lipinski definition) is 3. The highest BCUT2D eigenvalue weighted by atomic mass is 16.5. The van der Waals surface area contributed by atoms with E-state index >= 15 is 0 Å². The van der Waals surface area contributed by atoms with Crippen LogP contribution in [0.5, 0.6) is 17.2 Å². The van der Waals surface area contributed by atoms with Gasteiger partial charge in [-0.25, -0.2) is 0 Å². The lowest BCUT2D eigenvalue weighted by Crippen LogP contribution is -2.18. The molecule has 0 aliphatic heterocycles. The first-order valence-electron chi connectivity index (χ1n) is 16.2. The van der Waals surface area contributed by atoms with E-state index in [-0.39, 0.29) is 27.1 Å². The third kappa shape index (κ3) is 7.82. The third-order valence-corrected chi connectivity index (χ3v) is 8.80. The molecule has 2 N–H and O–H groups in total. The number of aromatic hydroxyl groups is 2. The van der Waals surface area contributed by atoms with Gasteiger partial charge in [-0.1, -0.05) is 140 Å². The highest BCUT2D eigenvalue weighted by molar-refractivity contribution is 5.57. The van der Waals surface area contributed by atoms with Gasteiger partial charge in [0.2, 0.25) is 0 Å². The Morgan fingerprint density at radius 3 is 0.955 bits per heavy atom. The predicted octanol–water partition coefficient (Wildman–Crippen LogP) is 10.8. The van der Waals surface area contributed by atoms with Gasteiger partial charge in [-0.15, -0.1) is 0 Å². The van der Waals surface area contributed by atoms with E-state index in [1.807, 2.05) is 0 Å².